The third-order valence-corrected chi connectivity index (χ3v) is 3.60. The lowest BCUT2D eigenvalue weighted by atomic mass is 10.1. The summed E-state index contributed by atoms with van der Waals surface area (Å²) in [5.74, 6) is 0. The van der Waals surface area contributed by atoms with Gasteiger partial charge in [-0.2, -0.15) is 0 Å². The minimum absolute atomic E-state index is 0.188. The molecule has 2 aliphatic rings. The molecule has 0 radical (unpaired) electrons. The molecule has 2 aliphatic heterocycles. The zero-order chi connectivity index (χ0) is 10.8. The molecule has 2 saturated heterocycles. The molecule has 86 valence electrons. The first-order valence-corrected chi connectivity index (χ1v) is 5.84. The summed E-state index contributed by atoms with van der Waals surface area (Å²) in [5, 5.41) is 13.9. The molecule has 5 heteroatoms. The number of rotatable bonds is 2. The highest BCUT2D eigenvalue weighted by atomic mass is 16.6. The van der Waals surface area contributed by atoms with Gasteiger partial charge in [-0.25, -0.2) is 5.32 Å². The van der Waals surface area contributed by atoms with E-state index in [2.05, 4.69) is 17.1 Å². The summed E-state index contributed by atoms with van der Waals surface area (Å²) >= 11 is 0. The second-order valence-electron chi connectivity index (χ2n) is 4.64. The molecular weight excluding hydrogens is 194 g/mol. The van der Waals surface area contributed by atoms with E-state index in [4.69, 9.17) is 0 Å². The van der Waals surface area contributed by atoms with Crippen LogP contribution in [0.5, 0.6) is 0 Å². The maximum atomic E-state index is 10.7. The summed E-state index contributed by atoms with van der Waals surface area (Å²) in [4.78, 5) is 12.9. The molecule has 0 aliphatic carbocycles. The van der Waals surface area contributed by atoms with E-state index in [1.54, 1.807) is 0 Å². The van der Waals surface area contributed by atoms with Crippen molar-refractivity contribution in [3.63, 3.8) is 0 Å². The maximum Gasteiger partial charge on any atom is 0.267 e. The van der Waals surface area contributed by atoms with E-state index in [1.165, 1.54) is 12.8 Å². The van der Waals surface area contributed by atoms with Gasteiger partial charge in [-0.1, -0.05) is 0 Å². The van der Waals surface area contributed by atoms with Crippen LogP contribution in [0.25, 0.3) is 0 Å². The lowest BCUT2D eigenvalue weighted by Gasteiger charge is -2.35. The summed E-state index contributed by atoms with van der Waals surface area (Å²) in [6.07, 6.45) is 4.83. The van der Waals surface area contributed by atoms with Crippen LogP contribution in [-0.4, -0.2) is 34.7 Å². The van der Waals surface area contributed by atoms with Crippen LogP contribution in [0.4, 0.5) is 0 Å². The van der Waals surface area contributed by atoms with Gasteiger partial charge in [0, 0.05) is 17.4 Å². The second-order valence-corrected chi connectivity index (χ2v) is 4.64. The fourth-order valence-corrected chi connectivity index (χ4v) is 2.74. The first kappa shape index (κ1) is 10.8. The maximum absolute atomic E-state index is 10.7. The van der Waals surface area contributed by atoms with Crippen LogP contribution in [0.1, 0.15) is 39.0 Å². The van der Waals surface area contributed by atoms with Gasteiger partial charge in [0.2, 0.25) is 0 Å². The van der Waals surface area contributed by atoms with Crippen LogP contribution in [0.15, 0.2) is 0 Å². The van der Waals surface area contributed by atoms with Gasteiger partial charge in [-0.05, 0) is 39.2 Å². The molecule has 5 nitrogen and oxygen atoms in total. The Hall–Kier alpha value is -0.680. The number of nitrogens with zero attached hydrogens (tertiary/aromatic N) is 2. The van der Waals surface area contributed by atoms with E-state index in [1.807, 2.05) is 0 Å². The Morgan fingerprint density at radius 3 is 2.73 bits per heavy atom. The average molecular weight is 213 g/mol. The van der Waals surface area contributed by atoms with Crippen molar-refractivity contribution >= 4 is 0 Å². The number of hydrogen-bond donors (Lipinski definition) is 1. The fraction of sp³-hybridized carbons (Fsp3) is 1.00. The fourth-order valence-electron chi connectivity index (χ4n) is 2.74. The lowest BCUT2D eigenvalue weighted by molar-refractivity contribution is -0.534. The summed E-state index contributed by atoms with van der Waals surface area (Å²) in [7, 11) is 0. The van der Waals surface area contributed by atoms with Gasteiger partial charge in [0.05, 0.1) is 6.17 Å². The van der Waals surface area contributed by atoms with E-state index in [0.717, 1.165) is 19.4 Å². The summed E-state index contributed by atoms with van der Waals surface area (Å²) in [6.45, 7) is 3.30. The number of hydrogen-bond acceptors (Lipinski definition) is 4. The number of nitro groups is 1. The van der Waals surface area contributed by atoms with Crippen molar-refractivity contribution in [3.8, 4) is 0 Å². The molecule has 1 N–H and O–H groups in total. The average Bonchev–Trinajstić information content (AvgIpc) is 2.64. The number of nitrogens with one attached hydrogen (secondary N) is 1. The highest BCUT2D eigenvalue weighted by Gasteiger charge is 2.35. The topological polar surface area (TPSA) is 58.4 Å². The summed E-state index contributed by atoms with van der Waals surface area (Å²) < 4.78 is 0. The molecule has 15 heavy (non-hydrogen) atoms. The van der Waals surface area contributed by atoms with Gasteiger partial charge < -0.3 is 0 Å². The molecule has 0 aromatic heterocycles. The molecule has 3 unspecified atom stereocenters. The van der Waals surface area contributed by atoms with Gasteiger partial charge in [0.25, 0.3) is 6.17 Å². The van der Waals surface area contributed by atoms with E-state index in [-0.39, 0.29) is 11.1 Å². The highest BCUT2D eigenvalue weighted by molar-refractivity contribution is 4.83. The molecule has 2 heterocycles. The molecule has 3 atom stereocenters. The van der Waals surface area contributed by atoms with Gasteiger partial charge in [-0.3, -0.25) is 15.0 Å². The third kappa shape index (κ3) is 2.29. The Labute approximate surface area is 90.0 Å². The van der Waals surface area contributed by atoms with Crippen LogP contribution in [0.3, 0.4) is 0 Å². The Kier molecular flexibility index (Phi) is 3.21. The first-order valence-electron chi connectivity index (χ1n) is 5.84. The van der Waals surface area contributed by atoms with E-state index in [9.17, 15) is 10.1 Å². The zero-order valence-corrected chi connectivity index (χ0v) is 9.19. The minimum Gasteiger partial charge on any atom is -0.285 e. The summed E-state index contributed by atoms with van der Waals surface area (Å²) in [5.41, 5.74) is 0. The van der Waals surface area contributed by atoms with Crippen molar-refractivity contribution in [2.45, 2.75) is 57.4 Å². The molecule has 0 aromatic carbocycles. The first-order chi connectivity index (χ1) is 7.18. The van der Waals surface area contributed by atoms with Crippen molar-refractivity contribution in [2.75, 3.05) is 6.54 Å². The molecular formula is C10H19N3O2. The Morgan fingerprint density at radius 2 is 2.13 bits per heavy atom. The van der Waals surface area contributed by atoms with Gasteiger partial charge in [0.15, 0.2) is 0 Å². The Bertz CT molecular complexity index is 247. The lowest BCUT2D eigenvalue weighted by Crippen LogP contribution is -2.55. The van der Waals surface area contributed by atoms with E-state index < -0.39 is 6.17 Å². The number of piperidine rings is 1. The van der Waals surface area contributed by atoms with Gasteiger partial charge >= 0.3 is 0 Å². The standard InChI is InChI=1S/C10H19N3O2/c1-8-4-3-7-12(8)9-5-2-6-10(11-9)13(14)15/h8-11H,2-7H2,1H3. The largest absolute Gasteiger partial charge is 0.285 e. The van der Waals surface area contributed by atoms with E-state index in [0.29, 0.717) is 12.5 Å². The normalized spacial score (nSPS) is 38.1. The minimum atomic E-state index is -0.531. The molecule has 0 aromatic rings. The zero-order valence-electron chi connectivity index (χ0n) is 9.19. The smallest absolute Gasteiger partial charge is 0.267 e. The van der Waals surface area contributed by atoms with Crippen molar-refractivity contribution < 1.29 is 4.92 Å². The quantitative estimate of drug-likeness (QED) is 0.552. The van der Waals surface area contributed by atoms with Crippen LogP contribution in [-0.2, 0) is 0 Å². The van der Waals surface area contributed by atoms with Gasteiger partial charge in [-0.15, -0.1) is 0 Å². The molecule has 0 amide bonds. The predicted octanol–water partition coefficient (Wildman–Crippen LogP) is 1.17. The Balaban J connectivity index is 1.94. The predicted molar refractivity (Wildman–Crippen MR) is 57.0 cm³/mol. The summed E-state index contributed by atoms with van der Waals surface area (Å²) in [6, 6.07) is 0.577. The van der Waals surface area contributed by atoms with Crippen LogP contribution < -0.4 is 5.32 Å². The van der Waals surface area contributed by atoms with Crippen LogP contribution >= 0.6 is 0 Å². The van der Waals surface area contributed by atoms with Crippen LogP contribution in [0.2, 0.25) is 0 Å². The van der Waals surface area contributed by atoms with Crippen molar-refractivity contribution in [1.29, 1.82) is 0 Å². The molecule has 0 spiro atoms. The third-order valence-electron chi connectivity index (χ3n) is 3.60. The molecule has 0 saturated carbocycles. The van der Waals surface area contributed by atoms with Crippen molar-refractivity contribution in [1.82, 2.24) is 10.2 Å². The monoisotopic (exact) mass is 213 g/mol. The molecule has 2 rings (SSSR count). The van der Waals surface area contributed by atoms with Gasteiger partial charge in [0.1, 0.15) is 0 Å². The Morgan fingerprint density at radius 1 is 1.33 bits per heavy atom. The SMILES string of the molecule is CC1CCCN1C1CCCC([N+](=O)[O-])N1. The molecule has 2 fully saturated rings. The van der Waals surface area contributed by atoms with E-state index >= 15 is 0 Å². The van der Waals surface area contributed by atoms with Crippen molar-refractivity contribution in [2.24, 2.45) is 0 Å². The van der Waals surface area contributed by atoms with Crippen molar-refractivity contribution in [3.05, 3.63) is 10.1 Å². The molecule has 0 bridgehead atoms. The number of likely N-dealkylation sites (tertiary alicyclic amines) is 1. The van der Waals surface area contributed by atoms with Crippen LogP contribution in [0, 0.1) is 10.1 Å². The highest BCUT2D eigenvalue weighted by Crippen LogP contribution is 2.24. The second kappa shape index (κ2) is 4.45.